The Hall–Kier alpha value is 0.310. The second-order valence-corrected chi connectivity index (χ2v) is 5.24. The second kappa shape index (κ2) is 4.44. The van der Waals surface area contributed by atoms with Crippen molar-refractivity contribution in [1.82, 2.24) is 9.80 Å². The molecule has 2 heterocycles. The molecule has 82 valence electrons. The summed E-state index contributed by atoms with van der Waals surface area (Å²) in [4.78, 5) is 5.09. The minimum Gasteiger partial charge on any atom is -0.361 e. The van der Waals surface area contributed by atoms with Crippen LogP contribution in [0.15, 0.2) is 0 Å². The Bertz CT molecular complexity index is 203. The Balaban J connectivity index is 2.02. The molecule has 0 saturated carbocycles. The van der Waals surface area contributed by atoms with Crippen molar-refractivity contribution in [3.63, 3.8) is 0 Å². The fourth-order valence-electron chi connectivity index (χ4n) is 2.81. The summed E-state index contributed by atoms with van der Waals surface area (Å²) in [5.41, 5.74) is 0.357. The average Bonchev–Trinajstić information content (AvgIpc) is 2.57. The summed E-state index contributed by atoms with van der Waals surface area (Å²) in [7, 11) is 2.86. The summed E-state index contributed by atoms with van der Waals surface area (Å²) in [5.74, 6) is 0. The Morgan fingerprint density at radius 1 is 1.36 bits per heavy atom. The van der Waals surface area contributed by atoms with E-state index in [1.165, 1.54) is 39.0 Å². The predicted molar refractivity (Wildman–Crippen MR) is 61.2 cm³/mol. The highest BCUT2D eigenvalue weighted by Crippen LogP contribution is 2.33. The van der Waals surface area contributed by atoms with Crippen molar-refractivity contribution in [2.45, 2.75) is 18.4 Å². The zero-order chi connectivity index (χ0) is 10.0. The van der Waals surface area contributed by atoms with Gasteiger partial charge in [-0.3, -0.25) is 4.90 Å². The Morgan fingerprint density at radius 3 is 3.00 bits per heavy atom. The van der Waals surface area contributed by atoms with Crippen molar-refractivity contribution in [3.8, 4) is 0 Å². The first kappa shape index (κ1) is 10.8. The summed E-state index contributed by atoms with van der Waals surface area (Å²) >= 11 is 0. The molecule has 0 amide bonds. The molecule has 3 nitrogen and oxygen atoms in total. The lowest BCUT2D eigenvalue weighted by atomic mass is 9.95. The van der Waals surface area contributed by atoms with Crippen molar-refractivity contribution < 1.29 is 4.52 Å². The third-order valence-corrected chi connectivity index (χ3v) is 3.98. The quantitative estimate of drug-likeness (QED) is 0.655. The summed E-state index contributed by atoms with van der Waals surface area (Å²) in [6, 6.07) is 0. The summed E-state index contributed by atoms with van der Waals surface area (Å²) in [6.07, 6.45) is 2.67. The van der Waals surface area contributed by atoms with E-state index < -0.39 is 0 Å². The van der Waals surface area contributed by atoms with Crippen molar-refractivity contribution in [2.75, 3.05) is 46.5 Å². The van der Waals surface area contributed by atoms with Crippen LogP contribution in [0.2, 0.25) is 0 Å². The molecule has 2 atom stereocenters. The average molecular weight is 216 g/mol. The monoisotopic (exact) mass is 216 g/mol. The van der Waals surface area contributed by atoms with Gasteiger partial charge in [0.05, 0.1) is 12.1 Å². The maximum absolute atomic E-state index is 5.69. The van der Waals surface area contributed by atoms with Gasteiger partial charge in [-0.1, -0.05) is 0 Å². The van der Waals surface area contributed by atoms with Crippen LogP contribution in [0.3, 0.4) is 0 Å². The number of nitrogens with zero attached hydrogens (tertiary/aromatic N) is 2. The molecule has 2 aliphatic rings. The summed E-state index contributed by atoms with van der Waals surface area (Å²) in [5, 5.41) is 0. The molecule has 0 aromatic carbocycles. The predicted octanol–water partition coefficient (Wildman–Crippen LogP) is 1.01. The van der Waals surface area contributed by atoms with Crippen LogP contribution in [0.5, 0.6) is 0 Å². The molecule has 0 radical (unpaired) electrons. The van der Waals surface area contributed by atoms with E-state index in [1.807, 2.05) is 0 Å². The molecule has 0 bridgehead atoms. The molecule has 4 heteroatoms. The topological polar surface area (TPSA) is 15.7 Å². The highest BCUT2D eigenvalue weighted by atomic mass is 31.1. The van der Waals surface area contributed by atoms with E-state index in [-0.39, 0.29) is 0 Å². The maximum Gasteiger partial charge on any atom is 0.0702 e. The third-order valence-electron chi connectivity index (χ3n) is 3.54. The highest BCUT2D eigenvalue weighted by Gasteiger charge is 2.44. The van der Waals surface area contributed by atoms with Crippen molar-refractivity contribution in [1.29, 1.82) is 0 Å². The molecule has 2 rings (SSSR count). The molecule has 0 spiro atoms. The first-order valence-electron chi connectivity index (χ1n) is 5.49. The summed E-state index contributed by atoms with van der Waals surface area (Å²) < 4.78 is 5.69. The Morgan fingerprint density at radius 2 is 2.21 bits per heavy atom. The van der Waals surface area contributed by atoms with E-state index in [4.69, 9.17) is 4.52 Å². The molecule has 0 aromatic heterocycles. The van der Waals surface area contributed by atoms with E-state index in [0.717, 1.165) is 6.61 Å². The van der Waals surface area contributed by atoms with E-state index in [9.17, 15) is 0 Å². The highest BCUT2D eigenvalue weighted by molar-refractivity contribution is 7.31. The first-order chi connectivity index (χ1) is 6.77. The van der Waals surface area contributed by atoms with Gasteiger partial charge in [0, 0.05) is 28.4 Å². The maximum atomic E-state index is 5.69. The lowest BCUT2D eigenvalue weighted by molar-refractivity contribution is 0.0105. The van der Waals surface area contributed by atoms with Gasteiger partial charge < -0.3 is 9.42 Å². The fraction of sp³-hybridized carbons (Fsp3) is 1.00. The normalized spacial score (nSPS) is 35.6. The van der Waals surface area contributed by atoms with Gasteiger partial charge in [-0.25, -0.2) is 0 Å². The minimum atomic E-state index is 0.357. The van der Waals surface area contributed by atoms with Gasteiger partial charge in [0.1, 0.15) is 0 Å². The van der Waals surface area contributed by atoms with Crippen molar-refractivity contribution in [2.24, 2.45) is 0 Å². The zero-order valence-electron chi connectivity index (χ0n) is 9.25. The Kier molecular flexibility index (Phi) is 3.43. The standard InChI is InChI=1S/C10H21N2OP/c1-11-6-7-12-5-3-4-10(12,8-11)9-13-14-2/h14H,3-9H2,1-2H3. The van der Waals surface area contributed by atoms with Gasteiger partial charge in [0.15, 0.2) is 0 Å². The smallest absolute Gasteiger partial charge is 0.0702 e. The van der Waals surface area contributed by atoms with Crippen molar-refractivity contribution >= 4 is 8.81 Å². The van der Waals surface area contributed by atoms with Crippen LogP contribution in [0.4, 0.5) is 0 Å². The molecule has 2 saturated heterocycles. The van der Waals surface area contributed by atoms with Gasteiger partial charge in [-0.2, -0.15) is 0 Å². The van der Waals surface area contributed by atoms with Crippen LogP contribution in [-0.4, -0.2) is 61.8 Å². The molecule has 2 unspecified atom stereocenters. The largest absolute Gasteiger partial charge is 0.361 e. The number of fused-ring (bicyclic) bond motifs is 1. The SMILES string of the molecule is CPOCC12CCCN1CCN(C)C2. The van der Waals surface area contributed by atoms with Crippen LogP contribution in [0.1, 0.15) is 12.8 Å². The van der Waals surface area contributed by atoms with E-state index in [1.54, 1.807) is 0 Å². The van der Waals surface area contributed by atoms with Crippen LogP contribution < -0.4 is 0 Å². The number of rotatable bonds is 3. The van der Waals surface area contributed by atoms with Gasteiger partial charge in [0.25, 0.3) is 0 Å². The molecule has 14 heavy (non-hydrogen) atoms. The Labute approximate surface area is 88.6 Å². The lowest BCUT2D eigenvalue weighted by Gasteiger charge is -2.45. The second-order valence-electron chi connectivity index (χ2n) is 4.55. The van der Waals surface area contributed by atoms with Crippen LogP contribution >= 0.6 is 8.81 Å². The van der Waals surface area contributed by atoms with Crippen LogP contribution in [0, 0.1) is 0 Å². The van der Waals surface area contributed by atoms with Gasteiger partial charge >= 0.3 is 0 Å². The van der Waals surface area contributed by atoms with Crippen molar-refractivity contribution in [3.05, 3.63) is 0 Å². The van der Waals surface area contributed by atoms with E-state index in [0.29, 0.717) is 14.3 Å². The number of hydrogen-bond acceptors (Lipinski definition) is 3. The number of likely N-dealkylation sites (N-methyl/N-ethyl adjacent to an activating group) is 1. The number of piperazine rings is 1. The molecular weight excluding hydrogens is 195 g/mol. The minimum absolute atomic E-state index is 0.357. The van der Waals surface area contributed by atoms with Crippen LogP contribution in [0.25, 0.3) is 0 Å². The first-order valence-corrected chi connectivity index (χ1v) is 6.90. The molecule has 2 fully saturated rings. The van der Waals surface area contributed by atoms with Gasteiger partial charge in [-0.05, 0) is 33.1 Å². The van der Waals surface area contributed by atoms with Gasteiger partial charge in [-0.15, -0.1) is 0 Å². The van der Waals surface area contributed by atoms with Crippen LogP contribution in [-0.2, 0) is 4.52 Å². The third kappa shape index (κ3) is 1.96. The lowest BCUT2D eigenvalue weighted by Crippen LogP contribution is -2.60. The number of hydrogen-bond donors (Lipinski definition) is 0. The molecule has 2 aliphatic heterocycles. The fourth-order valence-corrected chi connectivity index (χ4v) is 3.22. The van der Waals surface area contributed by atoms with E-state index >= 15 is 0 Å². The molecular formula is C10H21N2OP. The molecule has 0 aliphatic carbocycles. The van der Waals surface area contributed by atoms with E-state index in [2.05, 4.69) is 23.5 Å². The zero-order valence-corrected chi connectivity index (χ0v) is 10.3. The molecule has 0 aromatic rings. The summed E-state index contributed by atoms with van der Waals surface area (Å²) in [6.45, 7) is 7.97. The molecule has 0 N–H and O–H groups in total. The van der Waals surface area contributed by atoms with Gasteiger partial charge in [0.2, 0.25) is 0 Å².